The zero-order valence-electron chi connectivity index (χ0n) is 9.02. The summed E-state index contributed by atoms with van der Waals surface area (Å²) in [5.41, 5.74) is 1.54. The third-order valence-corrected chi connectivity index (χ3v) is 2.31. The Morgan fingerprint density at radius 1 is 1.38 bits per heavy atom. The lowest BCUT2D eigenvalue weighted by atomic mass is 10.1. The molecule has 0 aliphatic rings. The number of phenols is 1. The van der Waals surface area contributed by atoms with Crippen LogP contribution in [0.25, 0.3) is 10.9 Å². The van der Waals surface area contributed by atoms with Crippen LogP contribution >= 0.6 is 0 Å². The first-order valence-corrected chi connectivity index (χ1v) is 4.80. The molecule has 0 saturated carbocycles. The maximum absolute atomic E-state index is 11.3. The van der Waals surface area contributed by atoms with Gasteiger partial charge >= 0.3 is 5.97 Å². The fourth-order valence-corrected chi connectivity index (χ4v) is 1.58. The number of aromatic hydroxyl groups is 1. The molecule has 2 rings (SSSR count). The number of benzene rings is 1. The molecule has 4 nitrogen and oxygen atoms in total. The van der Waals surface area contributed by atoms with Crippen molar-refractivity contribution in [3.05, 3.63) is 35.5 Å². The van der Waals surface area contributed by atoms with E-state index >= 15 is 0 Å². The number of esters is 1. The van der Waals surface area contributed by atoms with Gasteiger partial charge in [-0.05, 0) is 30.7 Å². The van der Waals surface area contributed by atoms with Gasteiger partial charge in [0.05, 0.1) is 7.11 Å². The molecule has 0 fully saturated rings. The summed E-state index contributed by atoms with van der Waals surface area (Å²) in [5, 5.41) is 10.5. The number of ether oxygens (including phenoxy) is 1. The molecule has 1 N–H and O–H groups in total. The molecule has 2 aromatic rings. The smallest absolute Gasteiger partial charge is 0.356 e. The van der Waals surface area contributed by atoms with Crippen LogP contribution in [0.1, 0.15) is 16.1 Å². The third kappa shape index (κ3) is 1.69. The minimum absolute atomic E-state index is 0.0701. The van der Waals surface area contributed by atoms with Crippen LogP contribution in [0, 0.1) is 6.92 Å². The van der Waals surface area contributed by atoms with Crippen molar-refractivity contribution in [1.29, 1.82) is 0 Å². The molecule has 1 heterocycles. The molecule has 0 radical (unpaired) electrons. The van der Waals surface area contributed by atoms with Gasteiger partial charge in [0.1, 0.15) is 17.0 Å². The highest BCUT2D eigenvalue weighted by molar-refractivity contribution is 5.92. The number of rotatable bonds is 1. The van der Waals surface area contributed by atoms with E-state index in [-0.39, 0.29) is 11.4 Å². The van der Waals surface area contributed by atoms with Gasteiger partial charge in [0.25, 0.3) is 0 Å². The van der Waals surface area contributed by atoms with Crippen molar-refractivity contribution in [3.8, 4) is 5.75 Å². The molecule has 4 heteroatoms. The maximum atomic E-state index is 11.3. The Bertz CT molecular complexity index is 563. The van der Waals surface area contributed by atoms with E-state index in [1.807, 2.05) is 13.0 Å². The standard InChI is InChI=1S/C12H11NO3/c1-7-5-8-3-4-9(12(15)16-2)13-11(8)10(14)6-7/h3-6,14H,1-2H3. The topological polar surface area (TPSA) is 59.4 Å². The summed E-state index contributed by atoms with van der Waals surface area (Å²) in [4.78, 5) is 15.3. The highest BCUT2D eigenvalue weighted by atomic mass is 16.5. The van der Waals surface area contributed by atoms with Crippen molar-refractivity contribution in [2.45, 2.75) is 6.92 Å². The number of hydrogen-bond acceptors (Lipinski definition) is 4. The van der Waals surface area contributed by atoms with E-state index in [9.17, 15) is 9.90 Å². The van der Waals surface area contributed by atoms with Crippen LogP contribution in [0.15, 0.2) is 24.3 Å². The first kappa shape index (κ1) is 10.4. The molecule has 16 heavy (non-hydrogen) atoms. The fourth-order valence-electron chi connectivity index (χ4n) is 1.58. The van der Waals surface area contributed by atoms with Crippen molar-refractivity contribution < 1.29 is 14.6 Å². The molecule has 0 aliphatic carbocycles. The lowest BCUT2D eigenvalue weighted by Crippen LogP contribution is -2.03. The molecule has 0 spiro atoms. The highest BCUT2D eigenvalue weighted by Crippen LogP contribution is 2.24. The van der Waals surface area contributed by atoms with Crippen LogP contribution in [0.2, 0.25) is 0 Å². The van der Waals surface area contributed by atoms with Gasteiger partial charge in [0.15, 0.2) is 0 Å². The van der Waals surface area contributed by atoms with Gasteiger partial charge in [-0.15, -0.1) is 0 Å². The van der Waals surface area contributed by atoms with Crippen LogP contribution in [-0.2, 0) is 4.74 Å². The summed E-state index contributed by atoms with van der Waals surface area (Å²) < 4.78 is 4.57. The number of pyridine rings is 1. The summed E-state index contributed by atoms with van der Waals surface area (Å²) in [6, 6.07) is 6.81. The largest absolute Gasteiger partial charge is 0.506 e. The van der Waals surface area contributed by atoms with Crippen molar-refractivity contribution in [1.82, 2.24) is 4.98 Å². The number of carbonyl (C=O) groups is 1. The van der Waals surface area contributed by atoms with Gasteiger partial charge in [-0.25, -0.2) is 9.78 Å². The molecule has 0 saturated heterocycles. The van der Waals surface area contributed by atoms with Crippen molar-refractivity contribution in [3.63, 3.8) is 0 Å². The van der Waals surface area contributed by atoms with E-state index in [4.69, 9.17) is 0 Å². The quantitative estimate of drug-likeness (QED) is 0.742. The molecule has 1 aromatic carbocycles. The Morgan fingerprint density at radius 3 is 2.81 bits per heavy atom. The van der Waals surface area contributed by atoms with Gasteiger partial charge in [0, 0.05) is 5.39 Å². The van der Waals surface area contributed by atoms with Gasteiger partial charge in [-0.1, -0.05) is 6.07 Å². The molecule has 0 bridgehead atoms. The molecule has 1 aromatic heterocycles. The zero-order chi connectivity index (χ0) is 11.7. The number of fused-ring (bicyclic) bond motifs is 1. The summed E-state index contributed by atoms with van der Waals surface area (Å²) in [6.07, 6.45) is 0. The van der Waals surface area contributed by atoms with Gasteiger partial charge in [0.2, 0.25) is 0 Å². The first-order valence-electron chi connectivity index (χ1n) is 4.80. The summed E-state index contributed by atoms with van der Waals surface area (Å²) in [7, 11) is 1.29. The van der Waals surface area contributed by atoms with E-state index in [1.54, 1.807) is 18.2 Å². The lowest BCUT2D eigenvalue weighted by Gasteiger charge is -2.04. The predicted molar refractivity (Wildman–Crippen MR) is 59.5 cm³/mol. The molecule has 0 amide bonds. The van der Waals surface area contributed by atoms with E-state index in [2.05, 4.69) is 9.72 Å². The SMILES string of the molecule is COC(=O)c1ccc2cc(C)cc(O)c2n1. The third-order valence-electron chi connectivity index (χ3n) is 2.31. The van der Waals surface area contributed by atoms with Crippen molar-refractivity contribution in [2.75, 3.05) is 7.11 Å². The Balaban J connectivity index is 2.66. The van der Waals surface area contributed by atoms with Gasteiger partial charge in [-0.3, -0.25) is 0 Å². The molecule has 82 valence electrons. The highest BCUT2D eigenvalue weighted by Gasteiger charge is 2.10. The Hall–Kier alpha value is -2.10. The number of aryl methyl sites for hydroxylation is 1. The van der Waals surface area contributed by atoms with Gasteiger partial charge in [-0.2, -0.15) is 0 Å². The Labute approximate surface area is 92.5 Å². The second kappa shape index (κ2) is 3.81. The lowest BCUT2D eigenvalue weighted by molar-refractivity contribution is 0.0594. The van der Waals surface area contributed by atoms with E-state index < -0.39 is 5.97 Å². The normalized spacial score (nSPS) is 10.4. The van der Waals surface area contributed by atoms with Crippen LogP contribution in [0.5, 0.6) is 5.75 Å². The zero-order valence-corrected chi connectivity index (χ0v) is 9.02. The predicted octanol–water partition coefficient (Wildman–Crippen LogP) is 2.04. The number of aromatic nitrogens is 1. The number of phenolic OH excluding ortho intramolecular Hbond substituents is 1. The molecular weight excluding hydrogens is 206 g/mol. The van der Waals surface area contributed by atoms with Crippen LogP contribution in [-0.4, -0.2) is 23.2 Å². The van der Waals surface area contributed by atoms with Crippen LogP contribution < -0.4 is 0 Å². The minimum Gasteiger partial charge on any atom is -0.506 e. The van der Waals surface area contributed by atoms with Crippen molar-refractivity contribution >= 4 is 16.9 Å². The van der Waals surface area contributed by atoms with E-state index in [0.717, 1.165) is 10.9 Å². The first-order chi connectivity index (χ1) is 7.61. The summed E-state index contributed by atoms with van der Waals surface area (Å²) in [6.45, 7) is 1.88. The number of methoxy groups -OCH3 is 1. The number of carbonyl (C=O) groups excluding carboxylic acids is 1. The fraction of sp³-hybridized carbons (Fsp3) is 0.167. The average molecular weight is 217 g/mol. The second-order valence-electron chi connectivity index (χ2n) is 3.54. The Kier molecular flexibility index (Phi) is 2.48. The maximum Gasteiger partial charge on any atom is 0.356 e. The number of hydrogen-bond donors (Lipinski definition) is 1. The molecule has 0 aliphatic heterocycles. The number of nitrogens with zero attached hydrogens (tertiary/aromatic N) is 1. The summed E-state index contributed by atoms with van der Waals surface area (Å²) >= 11 is 0. The summed E-state index contributed by atoms with van der Waals surface area (Å²) in [5.74, 6) is -0.442. The van der Waals surface area contributed by atoms with Gasteiger partial charge < -0.3 is 9.84 Å². The minimum atomic E-state index is -0.512. The Morgan fingerprint density at radius 2 is 2.12 bits per heavy atom. The van der Waals surface area contributed by atoms with E-state index in [0.29, 0.717) is 5.52 Å². The molecule has 0 atom stereocenters. The molecular formula is C12H11NO3. The van der Waals surface area contributed by atoms with Crippen molar-refractivity contribution in [2.24, 2.45) is 0 Å². The monoisotopic (exact) mass is 217 g/mol. The average Bonchev–Trinajstić information content (AvgIpc) is 2.27. The second-order valence-corrected chi connectivity index (χ2v) is 3.54. The van der Waals surface area contributed by atoms with Crippen LogP contribution in [0.4, 0.5) is 0 Å². The van der Waals surface area contributed by atoms with E-state index in [1.165, 1.54) is 7.11 Å². The molecule has 0 unspecified atom stereocenters. The van der Waals surface area contributed by atoms with Crippen LogP contribution in [0.3, 0.4) is 0 Å².